The molecule has 7 nitrogen and oxygen atoms in total. The van der Waals surface area contributed by atoms with Crippen molar-refractivity contribution in [3.8, 4) is 0 Å². The summed E-state index contributed by atoms with van der Waals surface area (Å²) in [4.78, 5) is 23.5. The van der Waals surface area contributed by atoms with E-state index in [4.69, 9.17) is 0 Å². The highest BCUT2D eigenvalue weighted by atomic mass is 32.2. The summed E-state index contributed by atoms with van der Waals surface area (Å²) in [6, 6.07) is -0.211. The predicted octanol–water partition coefficient (Wildman–Crippen LogP) is 0.187. The first-order valence-corrected chi connectivity index (χ1v) is 9.48. The number of hydrogen-bond donors (Lipinski definition) is 1. The molecule has 1 aromatic rings. The normalized spacial score (nSPS) is 28.2. The fourth-order valence-electron chi connectivity index (χ4n) is 4.26. The van der Waals surface area contributed by atoms with Gasteiger partial charge in [-0.05, 0) is 43.9 Å². The van der Waals surface area contributed by atoms with E-state index in [1.165, 1.54) is 33.4 Å². The minimum atomic E-state index is -3.95. The summed E-state index contributed by atoms with van der Waals surface area (Å²) < 4.78 is 29.8. The molecule has 2 aliphatic carbocycles. The van der Waals surface area contributed by atoms with Crippen molar-refractivity contribution < 1.29 is 8.42 Å². The van der Waals surface area contributed by atoms with Crippen LogP contribution in [0.15, 0.2) is 20.7 Å². The molecule has 0 spiro atoms. The molecule has 0 amide bonds. The van der Waals surface area contributed by atoms with Crippen LogP contribution in [-0.2, 0) is 24.1 Å². The van der Waals surface area contributed by atoms with E-state index in [9.17, 15) is 18.0 Å². The first kappa shape index (κ1) is 16.4. The van der Waals surface area contributed by atoms with E-state index >= 15 is 0 Å². The number of nitrogens with zero attached hydrogens (tertiary/aromatic N) is 2. The molecular formula is C15H23N3O4S. The maximum atomic E-state index is 12.6. The third kappa shape index (κ3) is 2.78. The van der Waals surface area contributed by atoms with Crippen molar-refractivity contribution in [3.63, 3.8) is 0 Å². The van der Waals surface area contributed by atoms with E-state index in [0.29, 0.717) is 11.8 Å². The summed E-state index contributed by atoms with van der Waals surface area (Å²) in [5.74, 6) is 1.64. The number of fused-ring (bicyclic) bond motifs is 2. The summed E-state index contributed by atoms with van der Waals surface area (Å²) in [6.45, 7) is 1.87. The number of rotatable bonds is 4. The molecular weight excluding hydrogens is 318 g/mol. The molecule has 2 saturated carbocycles. The first-order chi connectivity index (χ1) is 10.7. The summed E-state index contributed by atoms with van der Waals surface area (Å²) in [5.41, 5.74) is -1.34. The van der Waals surface area contributed by atoms with Crippen LogP contribution in [0.3, 0.4) is 0 Å². The topological polar surface area (TPSA) is 90.2 Å². The predicted molar refractivity (Wildman–Crippen MR) is 85.6 cm³/mol. The van der Waals surface area contributed by atoms with Crippen LogP contribution in [-0.4, -0.2) is 23.6 Å². The molecule has 4 atom stereocenters. The molecule has 2 fully saturated rings. The molecule has 0 aromatic carbocycles. The molecule has 1 N–H and O–H groups in total. The van der Waals surface area contributed by atoms with Gasteiger partial charge in [0.1, 0.15) is 0 Å². The Morgan fingerprint density at radius 2 is 1.91 bits per heavy atom. The Morgan fingerprint density at radius 1 is 1.22 bits per heavy atom. The van der Waals surface area contributed by atoms with E-state index in [1.807, 2.05) is 6.92 Å². The zero-order chi connectivity index (χ0) is 16.9. The maximum absolute atomic E-state index is 12.6. The molecule has 1 heterocycles. The second-order valence-electron chi connectivity index (χ2n) is 7.00. The SMILES string of the molecule is C[C@@H](NS(=O)(=O)c1cn(C)c(=O)n(C)c1=O)[C@@H]1C[C@H]2CC[C@H]1C2. The molecule has 0 saturated heterocycles. The molecule has 8 heteroatoms. The number of aryl methyl sites for hydroxylation is 1. The van der Waals surface area contributed by atoms with Gasteiger partial charge in [-0.15, -0.1) is 0 Å². The van der Waals surface area contributed by atoms with Crippen molar-refractivity contribution in [1.29, 1.82) is 0 Å². The quantitative estimate of drug-likeness (QED) is 0.846. The lowest BCUT2D eigenvalue weighted by Gasteiger charge is -2.28. The molecule has 23 heavy (non-hydrogen) atoms. The Labute approximate surface area is 135 Å². The fourth-order valence-corrected chi connectivity index (χ4v) is 5.72. The zero-order valence-corrected chi connectivity index (χ0v) is 14.5. The minimum absolute atomic E-state index is 0.211. The monoisotopic (exact) mass is 341 g/mol. The van der Waals surface area contributed by atoms with Crippen molar-refractivity contribution in [2.75, 3.05) is 0 Å². The lowest BCUT2D eigenvalue weighted by molar-refractivity contribution is 0.280. The van der Waals surface area contributed by atoms with E-state index in [-0.39, 0.29) is 10.9 Å². The van der Waals surface area contributed by atoms with Gasteiger partial charge in [0.15, 0.2) is 4.90 Å². The minimum Gasteiger partial charge on any atom is -0.302 e. The maximum Gasteiger partial charge on any atom is 0.330 e. The molecule has 3 rings (SSSR count). The van der Waals surface area contributed by atoms with Crippen LogP contribution in [0.1, 0.15) is 32.6 Å². The second kappa shape index (κ2) is 5.59. The van der Waals surface area contributed by atoms with Gasteiger partial charge < -0.3 is 4.57 Å². The lowest BCUT2D eigenvalue weighted by Crippen LogP contribution is -2.45. The van der Waals surface area contributed by atoms with Gasteiger partial charge in [-0.3, -0.25) is 9.36 Å². The van der Waals surface area contributed by atoms with E-state index in [0.717, 1.165) is 27.7 Å². The largest absolute Gasteiger partial charge is 0.330 e. The second-order valence-corrected chi connectivity index (χ2v) is 8.68. The number of sulfonamides is 1. The standard InChI is InChI=1S/C15H23N3O4S/c1-9(12-7-10-4-5-11(12)6-10)16-23(21,22)13-8-17(2)15(20)18(3)14(13)19/h8-12,16H,4-7H2,1-3H3/t9-,10+,11+,12+/m1/s1. The van der Waals surface area contributed by atoms with Gasteiger partial charge in [-0.1, -0.05) is 6.42 Å². The van der Waals surface area contributed by atoms with Gasteiger partial charge in [-0.25, -0.2) is 17.9 Å². The molecule has 2 aliphatic rings. The van der Waals surface area contributed by atoms with E-state index in [2.05, 4.69) is 4.72 Å². The van der Waals surface area contributed by atoms with Gasteiger partial charge >= 0.3 is 5.69 Å². The van der Waals surface area contributed by atoms with Gasteiger partial charge in [0.25, 0.3) is 5.56 Å². The first-order valence-electron chi connectivity index (χ1n) is 7.99. The van der Waals surface area contributed by atoms with Crippen LogP contribution >= 0.6 is 0 Å². The number of hydrogen-bond acceptors (Lipinski definition) is 4. The van der Waals surface area contributed by atoms with Crippen LogP contribution in [0.2, 0.25) is 0 Å². The van der Waals surface area contributed by atoms with Crippen molar-refractivity contribution >= 4 is 10.0 Å². The van der Waals surface area contributed by atoms with Crippen molar-refractivity contribution in [1.82, 2.24) is 13.9 Å². The Balaban J connectivity index is 1.88. The van der Waals surface area contributed by atoms with Gasteiger partial charge in [0, 0.05) is 26.3 Å². The van der Waals surface area contributed by atoms with Crippen LogP contribution < -0.4 is 16.0 Å². The highest BCUT2D eigenvalue weighted by molar-refractivity contribution is 7.89. The summed E-state index contributed by atoms with van der Waals surface area (Å²) in [5, 5.41) is 0. The highest BCUT2D eigenvalue weighted by Crippen LogP contribution is 2.49. The van der Waals surface area contributed by atoms with E-state index in [1.54, 1.807) is 0 Å². The van der Waals surface area contributed by atoms with Crippen LogP contribution in [0.25, 0.3) is 0 Å². The van der Waals surface area contributed by atoms with Crippen LogP contribution in [0.4, 0.5) is 0 Å². The van der Waals surface area contributed by atoms with Gasteiger partial charge in [-0.2, -0.15) is 0 Å². The third-order valence-electron chi connectivity index (χ3n) is 5.48. The fraction of sp³-hybridized carbons (Fsp3) is 0.733. The van der Waals surface area contributed by atoms with Gasteiger partial charge in [0.2, 0.25) is 10.0 Å². The van der Waals surface area contributed by atoms with Crippen molar-refractivity contribution in [2.45, 2.75) is 43.5 Å². The molecule has 0 aliphatic heterocycles. The number of nitrogens with one attached hydrogen (secondary N) is 1. The molecule has 1 aromatic heterocycles. The smallest absolute Gasteiger partial charge is 0.302 e. The average Bonchev–Trinajstić information content (AvgIpc) is 3.11. The molecule has 128 valence electrons. The average molecular weight is 341 g/mol. The van der Waals surface area contributed by atoms with Crippen LogP contribution in [0, 0.1) is 17.8 Å². The van der Waals surface area contributed by atoms with E-state index < -0.39 is 21.3 Å². The highest BCUT2D eigenvalue weighted by Gasteiger charge is 2.42. The van der Waals surface area contributed by atoms with Crippen LogP contribution in [0.5, 0.6) is 0 Å². The number of aromatic nitrogens is 2. The third-order valence-corrected chi connectivity index (χ3v) is 7.02. The summed E-state index contributed by atoms with van der Waals surface area (Å²) in [7, 11) is -1.24. The Kier molecular flexibility index (Phi) is 4.00. The summed E-state index contributed by atoms with van der Waals surface area (Å²) in [6.07, 6.45) is 5.77. The Hall–Kier alpha value is -1.41. The molecule has 0 radical (unpaired) electrons. The summed E-state index contributed by atoms with van der Waals surface area (Å²) >= 11 is 0. The lowest BCUT2D eigenvalue weighted by atomic mass is 9.84. The van der Waals surface area contributed by atoms with Crippen molar-refractivity contribution in [2.24, 2.45) is 31.8 Å². The molecule has 0 unspecified atom stereocenters. The van der Waals surface area contributed by atoms with Crippen molar-refractivity contribution in [3.05, 3.63) is 27.0 Å². The van der Waals surface area contributed by atoms with Gasteiger partial charge in [0.05, 0.1) is 0 Å². The Bertz CT molecular complexity index is 839. The Morgan fingerprint density at radius 3 is 2.48 bits per heavy atom. The zero-order valence-electron chi connectivity index (χ0n) is 13.7. The molecule has 2 bridgehead atoms.